The molecule has 0 aliphatic rings. The van der Waals surface area contributed by atoms with Crippen LogP contribution >= 0.6 is 11.3 Å². The van der Waals surface area contributed by atoms with Crippen molar-refractivity contribution in [1.82, 2.24) is 25.3 Å². The normalized spacial score (nSPS) is 11.3. The Hall–Kier alpha value is -3.55. The van der Waals surface area contributed by atoms with Crippen molar-refractivity contribution >= 4 is 28.1 Å². The smallest absolute Gasteiger partial charge is 0.111 e. The van der Waals surface area contributed by atoms with Gasteiger partial charge in [0.15, 0.2) is 0 Å². The Balaban J connectivity index is 1.46. The third-order valence-electron chi connectivity index (χ3n) is 5.44. The number of nitrogen functional groups attached to an aromatic ring is 1. The van der Waals surface area contributed by atoms with Crippen LogP contribution in [0.15, 0.2) is 66.6 Å². The first-order valence-electron chi connectivity index (χ1n) is 10.6. The number of thiophene rings is 1. The van der Waals surface area contributed by atoms with Crippen molar-refractivity contribution in [3.63, 3.8) is 0 Å². The quantitative estimate of drug-likeness (QED) is 0.309. The summed E-state index contributed by atoms with van der Waals surface area (Å²) in [6.07, 6.45) is 8.11. The van der Waals surface area contributed by atoms with Gasteiger partial charge in [-0.05, 0) is 52.9 Å². The lowest BCUT2D eigenvalue weighted by Crippen LogP contribution is -2.11. The van der Waals surface area contributed by atoms with Gasteiger partial charge in [-0.3, -0.25) is 9.97 Å². The van der Waals surface area contributed by atoms with Gasteiger partial charge >= 0.3 is 0 Å². The molecule has 4 aromatic heterocycles. The Morgan fingerprint density at radius 1 is 1.03 bits per heavy atom. The number of aromatic nitrogens is 4. The molecular formula is C25H24N6S. The van der Waals surface area contributed by atoms with Gasteiger partial charge in [-0.1, -0.05) is 19.1 Å². The maximum Gasteiger partial charge on any atom is 0.111 e. The van der Waals surface area contributed by atoms with Gasteiger partial charge in [0.25, 0.3) is 0 Å². The van der Waals surface area contributed by atoms with E-state index in [2.05, 4.69) is 50.8 Å². The minimum atomic E-state index is 0.614. The molecule has 1 aromatic carbocycles. The van der Waals surface area contributed by atoms with E-state index in [4.69, 9.17) is 10.7 Å². The average Bonchev–Trinajstić information content (AvgIpc) is 3.49. The molecule has 5 rings (SSSR count). The number of fused-ring (bicyclic) bond motifs is 1. The Labute approximate surface area is 190 Å². The summed E-state index contributed by atoms with van der Waals surface area (Å²) in [5.74, 6) is 0.869. The second kappa shape index (κ2) is 8.90. The minimum absolute atomic E-state index is 0.614. The van der Waals surface area contributed by atoms with Crippen LogP contribution in [0.25, 0.3) is 32.6 Å². The summed E-state index contributed by atoms with van der Waals surface area (Å²) < 4.78 is 0. The van der Waals surface area contributed by atoms with Gasteiger partial charge in [0.2, 0.25) is 0 Å². The molecule has 0 unspecified atom stereocenters. The third kappa shape index (κ3) is 4.12. The summed E-state index contributed by atoms with van der Waals surface area (Å²) in [4.78, 5) is 18.3. The number of benzene rings is 1. The molecule has 0 aliphatic heterocycles. The number of imidazole rings is 1. The molecule has 6 nitrogen and oxygen atoms in total. The summed E-state index contributed by atoms with van der Waals surface area (Å²) in [6.45, 7) is 3.83. The topological polar surface area (TPSA) is 92.5 Å². The van der Waals surface area contributed by atoms with Gasteiger partial charge < -0.3 is 16.0 Å². The molecule has 0 bridgehead atoms. The van der Waals surface area contributed by atoms with E-state index in [0.29, 0.717) is 6.42 Å². The summed E-state index contributed by atoms with van der Waals surface area (Å²) in [6, 6.07) is 12.4. The van der Waals surface area contributed by atoms with E-state index < -0.39 is 0 Å². The number of aromatic amines is 1. The fourth-order valence-electron chi connectivity index (χ4n) is 3.81. The van der Waals surface area contributed by atoms with Crippen LogP contribution in [0.5, 0.6) is 0 Å². The summed E-state index contributed by atoms with van der Waals surface area (Å²) >= 11 is 1.69. The monoisotopic (exact) mass is 440 g/mol. The number of hydrogen-bond donors (Lipinski definition) is 3. The first-order valence-corrected chi connectivity index (χ1v) is 11.5. The zero-order valence-corrected chi connectivity index (χ0v) is 18.6. The molecule has 0 fully saturated rings. The Bertz CT molecular complexity index is 1360. The lowest BCUT2D eigenvalue weighted by Gasteiger charge is -2.09. The second-order valence-electron chi connectivity index (χ2n) is 7.70. The fourth-order valence-corrected chi connectivity index (χ4v) is 4.55. The van der Waals surface area contributed by atoms with E-state index in [1.165, 1.54) is 0 Å². The van der Waals surface area contributed by atoms with Crippen LogP contribution in [0.2, 0.25) is 0 Å². The van der Waals surface area contributed by atoms with E-state index in [1.807, 2.05) is 43.0 Å². The molecule has 32 heavy (non-hydrogen) atoms. The highest BCUT2D eigenvalue weighted by Gasteiger charge is 2.13. The lowest BCUT2D eigenvalue weighted by atomic mass is 10.0. The zero-order chi connectivity index (χ0) is 21.9. The molecule has 0 aliphatic carbocycles. The molecule has 4 heterocycles. The number of anilines is 1. The van der Waals surface area contributed by atoms with Crippen LogP contribution in [0.1, 0.15) is 23.9 Å². The highest BCUT2D eigenvalue weighted by atomic mass is 32.1. The SMILES string of the molecule is CCNCc1cncc(-c2ccc(N)c(Cc3nc4c(-c5cccs5)cncc4[nH]3)c2)c1. The summed E-state index contributed by atoms with van der Waals surface area (Å²) in [5.41, 5.74) is 14.4. The van der Waals surface area contributed by atoms with Crippen LogP contribution in [0.3, 0.4) is 0 Å². The number of rotatable bonds is 7. The minimum Gasteiger partial charge on any atom is -0.398 e. The van der Waals surface area contributed by atoms with Crippen molar-refractivity contribution in [2.45, 2.75) is 19.9 Å². The molecule has 5 aromatic rings. The van der Waals surface area contributed by atoms with E-state index in [1.54, 1.807) is 11.3 Å². The molecule has 0 spiro atoms. The number of nitrogens with zero attached hydrogens (tertiary/aromatic N) is 3. The second-order valence-corrected chi connectivity index (χ2v) is 8.64. The summed E-state index contributed by atoms with van der Waals surface area (Å²) in [7, 11) is 0. The third-order valence-corrected chi connectivity index (χ3v) is 6.34. The summed E-state index contributed by atoms with van der Waals surface area (Å²) in [5, 5.41) is 5.41. The van der Waals surface area contributed by atoms with Gasteiger partial charge in [-0.25, -0.2) is 4.98 Å². The fraction of sp³-hybridized carbons (Fsp3) is 0.160. The standard InChI is InChI=1S/C25H24N6S/c1-2-27-11-16-8-19(13-28-12-16)17-5-6-21(26)18(9-17)10-24-30-22-15-29-14-20(25(22)31-24)23-4-3-7-32-23/h3-9,12-15,27H,2,10-11,26H2,1H3,(H,30,31). The van der Waals surface area contributed by atoms with Crippen molar-refractivity contribution in [3.8, 4) is 21.6 Å². The van der Waals surface area contributed by atoms with Crippen molar-refractivity contribution in [2.75, 3.05) is 12.3 Å². The Morgan fingerprint density at radius 3 is 2.78 bits per heavy atom. The van der Waals surface area contributed by atoms with E-state index in [9.17, 15) is 0 Å². The highest BCUT2D eigenvalue weighted by Crippen LogP contribution is 2.31. The Morgan fingerprint density at radius 2 is 1.94 bits per heavy atom. The maximum absolute atomic E-state index is 6.33. The van der Waals surface area contributed by atoms with Crippen LogP contribution in [-0.2, 0) is 13.0 Å². The number of nitrogens with two attached hydrogens (primary N) is 1. The lowest BCUT2D eigenvalue weighted by molar-refractivity contribution is 0.724. The van der Waals surface area contributed by atoms with Crippen molar-refractivity contribution in [2.24, 2.45) is 0 Å². The van der Waals surface area contributed by atoms with Crippen LogP contribution in [0.4, 0.5) is 5.69 Å². The van der Waals surface area contributed by atoms with Crippen molar-refractivity contribution in [3.05, 3.63) is 83.5 Å². The predicted octanol–water partition coefficient (Wildman–Crippen LogP) is 5.03. The van der Waals surface area contributed by atoms with Gasteiger partial charge in [-0.15, -0.1) is 11.3 Å². The van der Waals surface area contributed by atoms with Crippen LogP contribution in [-0.4, -0.2) is 26.5 Å². The zero-order valence-electron chi connectivity index (χ0n) is 17.8. The number of pyridine rings is 2. The highest BCUT2D eigenvalue weighted by molar-refractivity contribution is 7.13. The average molecular weight is 441 g/mol. The predicted molar refractivity (Wildman–Crippen MR) is 131 cm³/mol. The molecule has 4 N–H and O–H groups in total. The first-order chi connectivity index (χ1) is 15.7. The molecule has 0 saturated heterocycles. The Kier molecular flexibility index (Phi) is 5.66. The molecule has 0 saturated carbocycles. The van der Waals surface area contributed by atoms with Gasteiger partial charge in [0, 0.05) is 53.2 Å². The first kappa shape index (κ1) is 20.4. The van der Waals surface area contributed by atoms with Gasteiger partial charge in [-0.2, -0.15) is 0 Å². The molecular weight excluding hydrogens is 416 g/mol. The molecule has 0 radical (unpaired) electrons. The van der Waals surface area contributed by atoms with Crippen LogP contribution < -0.4 is 11.1 Å². The maximum atomic E-state index is 6.33. The van der Waals surface area contributed by atoms with E-state index >= 15 is 0 Å². The van der Waals surface area contributed by atoms with Gasteiger partial charge in [0.05, 0.1) is 11.7 Å². The molecule has 0 atom stereocenters. The van der Waals surface area contributed by atoms with Gasteiger partial charge in [0.1, 0.15) is 11.3 Å². The van der Waals surface area contributed by atoms with Crippen LogP contribution in [0, 0.1) is 0 Å². The molecule has 160 valence electrons. The molecule has 7 heteroatoms. The number of nitrogens with one attached hydrogen (secondary N) is 2. The van der Waals surface area contributed by atoms with E-state index in [0.717, 1.165) is 68.3 Å². The van der Waals surface area contributed by atoms with Crippen molar-refractivity contribution in [1.29, 1.82) is 0 Å². The number of hydrogen-bond acceptors (Lipinski definition) is 6. The molecule has 0 amide bonds. The van der Waals surface area contributed by atoms with Crippen molar-refractivity contribution < 1.29 is 0 Å². The van der Waals surface area contributed by atoms with E-state index in [-0.39, 0.29) is 0 Å². The number of H-pyrrole nitrogens is 1. The largest absolute Gasteiger partial charge is 0.398 e.